The summed E-state index contributed by atoms with van der Waals surface area (Å²) in [6, 6.07) is 19.4. The molecule has 10 heteroatoms. The van der Waals surface area contributed by atoms with Crippen LogP contribution in [0.5, 0.6) is 0 Å². The second kappa shape index (κ2) is 15.2. The van der Waals surface area contributed by atoms with Crippen molar-refractivity contribution in [2.45, 2.75) is 45.3 Å². The highest BCUT2D eigenvalue weighted by Crippen LogP contribution is 2.25. The van der Waals surface area contributed by atoms with E-state index in [9.17, 15) is 14.0 Å². The number of para-hydroxylation sites is 1. The third-order valence-electron chi connectivity index (χ3n) is 7.35. The highest BCUT2D eigenvalue weighted by molar-refractivity contribution is 6.35. The summed E-state index contributed by atoms with van der Waals surface area (Å²) in [5.74, 6) is -0.394. The molecule has 1 aliphatic rings. The zero-order valence-electron chi connectivity index (χ0n) is 23.9. The lowest BCUT2D eigenvalue weighted by Gasteiger charge is -2.38. The van der Waals surface area contributed by atoms with E-state index in [-0.39, 0.29) is 30.8 Å². The molecule has 3 aromatic carbocycles. The minimum Gasteiger partial charge on any atom is -0.450 e. The van der Waals surface area contributed by atoms with Crippen LogP contribution >= 0.6 is 23.2 Å². The number of nitrogens with zero attached hydrogens (tertiary/aromatic N) is 2. The van der Waals surface area contributed by atoms with Gasteiger partial charge in [-0.15, -0.1) is 0 Å². The van der Waals surface area contributed by atoms with Crippen molar-refractivity contribution in [1.82, 2.24) is 15.5 Å². The van der Waals surface area contributed by atoms with Crippen molar-refractivity contribution in [3.05, 3.63) is 99.3 Å². The topological polar surface area (TPSA) is 73.9 Å². The van der Waals surface area contributed by atoms with Crippen molar-refractivity contribution in [3.63, 3.8) is 0 Å². The Morgan fingerprint density at radius 3 is 2.31 bits per heavy atom. The molecule has 2 N–H and O–H groups in total. The highest BCUT2D eigenvalue weighted by Gasteiger charge is 2.30. The molecule has 42 heavy (non-hydrogen) atoms. The molecular formula is C32H37Cl2FN4O3. The molecule has 0 bridgehead atoms. The van der Waals surface area contributed by atoms with E-state index >= 15 is 0 Å². The Labute approximate surface area is 256 Å². The molecule has 0 aromatic heterocycles. The van der Waals surface area contributed by atoms with Crippen LogP contribution in [0, 0.1) is 5.82 Å². The van der Waals surface area contributed by atoms with Gasteiger partial charge in [0.2, 0.25) is 5.91 Å². The van der Waals surface area contributed by atoms with Gasteiger partial charge in [0.25, 0.3) is 0 Å². The predicted octanol–water partition coefficient (Wildman–Crippen LogP) is 5.86. The quantitative estimate of drug-likeness (QED) is 0.283. The van der Waals surface area contributed by atoms with Crippen LogP contribution in [0.3, 0.4) is 0 Å². The fourth-order valence-electron chi connectivity index (χ4n) is 5.13. The Balaban J connectivity index is 1.38. The molecule has 3 aromatic rings. The van der Waals surface area contributed by atoms with Crippen LogP contribution in [0.2, 0.25) is 10.0 Å². The summed E-state index contributed by atoms with van der Waals surface area (Å²) in [6.45, 7) is 6.76. The monoisotopic (exact) mass is 614 g/mol. The van der Waals surface area contributed by atoms with E-state index in [0.717, 1.165) is 12.1 Å². The van der Waals surface area contributed by atoms with Gasteiger partial charge in [0.1, 0.15) is 11.9 Å². The Morgan fingerprint density at radius 1 is 0.929 bits per heavy atom. The van der Waals surface area contributed by atoms with Crippen molar-refractivity contribution in [2.24, 2.45) is 0 Å². The second-order valence-corrected chi connectivity index (χ2v) is 11.2. The van der Waals surface area contributed by atoms with Gasteiger partial charge < -0.3 is 25.2 Å². The van der Waals surface area contributed by atoms with Gasteiger partial charge in [0, 0.05) is 66.5 Å². The number of carbonyl (C=O) groups is 2. The summed E-state index contributed by atoms with van der Waals surface area (Å²) in [5, 5.41) is 7.08. The standard InChI is InChI=1S/C32H37Cl2FN4O3/c1-3-42-32(41)37-29(19-23-12-13-26(33)20-27(23)34)31(40)39-16-14-38(15-17-39)30-11-7-5-8-24(30)18-22(2)36-21-25-9-4-6-10-28(25)35/h4-13,20,22,29,36H,3,14-19,21H2,1-2H3,(H,37,41)/t22?,29-/m1/s1. The summed E-state index contributed by atoms with van der Waals surface area (Å²) in [6.07, 6.45) is 0.345. The maximum Gasteiger partial charge on any atom is 0.407 e. The van der Waals surface area contributed by atoms with Crippen molar-refractivity contribution in [1.29, 1.82) is 0 Å². The number of halogens is 3. The number of piperazine rings is 1. The molecule has 0 saturated carbocycles. The van der Waals surface area contributed by atoms with Gasteiger partial charge in [-0.05, 0) is 55.7 Å². The lowest BCUT2D eigenvalue weighted by molar-refractivity contribution is -0.133. The number of hydrogen-bond acceptors (Lipinski definition) is 5. The number of amides is 2. The number of nitrogens with one attached hydrogen (secondary N) is 2. The van der Waals surface area contributed by atoms with Crippen molar-refractivity contribution in [2.75, 3.05) is 37.7 Å². The van der Waals surface area contributed by atoms with Crippen LogP contribution in [0.15, 0.2) is 66.7 Å². The first kappa shape index (κ1) is 31.6. The molecule has 1 saturated heterocycles. The number of hydrogen-bond donors (Lipinski definition) is 2. The predicted molar refractivity (Wildman–Crippen MR) is 166 cm³/mol. The van der Waals surface area contributed by atoms with E-state index in [1.807, 2.05) is 18.2 Å². The molecule has 1 unspecified atom stereocenters. The van der Waals surface area contributed by atoms with Gasteiger partial charge in [-0.25, -0.2) is 9.18 Å². The summed E-state index contributed by atoms with van der Waals surface area (Å²) in [4.78, 5) is 30.0. The average Bonchev–Trinajstić information content (AvgIpc) is 2.98. The summed E-state index contributed by atoms with van der Waals surface area (Å²) in [5.41, 5.74) is 3.66. The van der Waals surface area contributed by atoms with E-state index in [4.69, 9.17) is 27.9 Å². The van der Waals surface area contributed by atoms with Gasteiger partial charge in [-0.1, -0.05) is 65.7 Å². The molecule has 1 fully saturated rings. The number of alkyl carbamates (subject to hydrolysis) is 1. The second-order valence-electron chi connectivity index (χ2n) is 10.4. The summed E-state index contributed by atoms with van der Waals surface area (Å²) < 4.78 is 19.1. The van der Waals surface area contributed by atoms with Gasteiger partial charge in [-0.3, -0.25) is 4.79 Å². The fourth-order valence-corrected chi connectivity index (χ4v) is 5.62. The van der Waals surface area contributed by atoms with Crippen molar-refractivity contribution >= 4 is 40.9 Å². The first-order valence-electron chi connectivity index (χ1n) is 14.2. The number of rotatable bonds is 11. The van der Waals surface area contributed by atoms with Gasteiger partial charge in [0.15, 0.2) is 0 Å². The summed E-state index contributed by atoms with van der Waals surface area (Å²) in [7, 11) is 0. The Bertz CT molecular complexity index is 1370. The molecule has 1 heterocycles. The van der Waals surface area contributed by atoms with Crippen LogP contribution in [-0.2, 0) is 28.9 Å². The first-order valence-corrected chi connectivity index (χ1v) is 15.0. The van der Waals surface area contributed by atoms with Crippen LogP contribution in [0.1, 0.15) is 30.5 Å². The lowest BCUT2D eigenvalue weighted by atomic mass is 10.0. The highest BCUT2D eigenvalue weighted by atomic mass is 35.5. The SMILES string of the molecule is CCOC(=O)N[C@H](Cc1ccc(Cl)cc1Cl)C(=O)N1CCN(c2ccccc2CC(C)NCc2ccccc2F)CC1. The molecule has 0 radical (unpaired) electrons. The van der Waals surface area contributed by atoms with Crippen molar-refractivity contribution in [3.8, 4) is 0 Å². The molecule has 7 nitrogen and oxygen atoms in total. The maximum atomic E-state index is 14.0. The first-order chi connectivity index (χ1) is 20.2. The minimum atomic E-state index is -0.831. The average molecular weight is 616 g/mol. The van der Waals surface area contributed by atoms with E-state index in [2.05, 4.69) is 34.6 Å². The molecule has 224 valence electrons. The van der Waals surface area contributed by atoms with E-state index in [1.54, 1.807) is 42.2 Å². The van der Waals surface area contributed by atoms with Crippen LogP contribution in [0.4, 0.5) is 14.9 Å². The molecular weight excluding hydrogens is 578 g/mol. The van der Waals surface area contributed by atoms with Gasteiger partial charge in [-0.2, -0.15) is 0 Å². The molecule has 4 rings (SSSR count). The Hall–Kier alpha value is -3.33. The van der Waals surface area contributed by atoms with Crippen LogP contribution < -0.4 is 15.5 Å². The van der Waals surface area contributed by atoms with E-state index < -0.39 is 12.1 Å². The normalized spacial score (nSPS) is 14.8. The molecule has 0 spiro atoms. The third kappa shape index (κ3) is 8.60. The lowest BCUT2D eigenvalue weighted by Crippen LogP contribution is -2.55. The number of anilines is 1. The molecule has 2 atom stereocenters. The van der Waals surface area contributed by atoms with Crippen LogP contribution in [0.25, 0.3) is 0 Å². The molecule has 1 aliphatic heterocycles. The van der Waals surface area contributed by atoms with Gasteiger partial charge >= 0.3 is 6.09 Å². The molecule has 2 amide bonds. The van der Waals surface area contributed by atoms with Gasteiger partial charge in [0.05, 0.1) is 6.61 Å². The zero-order chi connectivity index (χ0) is 30.1. The number of carbonyl (C=O) groups excluding carboxylic acids is 2. The van der Waals surface area contributed by atoms with E-state index in [1.165, 1.54) is 11.6 Å². The third-order valence-corrected chi connectivity index (χ3v) is 7.94. The maximum absolute atomic E-state index is 14.0. The zero-order valence-corrected chi connectivity index (χ0v) is 25.4. The van der Waals surface area contributed by atoms with Crippen LogP contribution in [-0.4, -0.2) is 61.8 Å². The number of benzene rings is 3. The largest absolute Gasteiger partial charge is 0.450 e. The summed E-state index contributed by atoms with van der Waals surface area (Å²) >= 11 is 12.4. The fraction of sp³-hybridized carbons (Fsp3) is 0.375. The smallest absolute Gasteiger partial charge is 0.407 e. The van der Waals surface area contributed by atoms with Crippen molar-refractivity contribution < 1.29 is 18.7 Å². The number of ether oxygens (including phenoxy) is 1. The minimum absolute atomic E-state index is 0.128. The Morgan fingerprint density at radius 2 is 1.62 bits per heavy atom. The van der Waals surface area contributed by atoms with E-state index in [0.29, 0.717) is 53.9 Å². The molecule has 0 aliphatic carbocycles. The Kier molecular flexibility index (Phi) is 11.5.